The van der Waals surface area contributed by atoms with Crippen LogP contribution in [0.4, 0.5) is 0 Å². The van der Waals surface area contributed by atoms with Gasteiger partial charge in [-0.25, -0.2) is 0 Å². The molecule has 66 valence electrons. The SMILES string of the molecule is COC(C)(C)C1CNCCO1. The van der Waals surface area contributed by atoms with Crippen LogP contribution in [-0.2, 0) is 9.47 Å². The third-order valence-corrected chi connectivity index (χ3v) is 2.23. The van der Waals surface area contributed by atoms with Crippen molar-refractivity contribution in [2.75, 3.05) is 26.8 Å². The highest BCUT2D eigenvalue weighted by Gasteiger charge is 2.31. The average Bonchev–Trinajstić information content (AvgIpc) is 2.06. The number of ether oxygens (including phenoxy) is 2. The molecule has 0 amide bonds. The first-order valence-corrected chi connectivity index (χ1v) is 4.04. The molecule has 0 aromatic carbocycles. The van der Waals surface area contributed by atoms with E-state index in [-0.39, 0.29) is 11.7 Å². The monoisotopic (exact) mass is 159 g/mol. The zero-order valence-electron chi connectivity index (χ0n) is 7.52. The second-order valence-electron chi connectivity index (χ2n) is 3.37. The molecule has 3 heteroatoms. The minimum atomic E-state index is -0.173. The molecule has 1 rings (SSSR count). The summed E-state index contributed by atoms with van der Waals surface area (Å²) in [5.74, 6) is 0. The molecule has 1 aliphatic rings. The van der Waals surface area contributed by atoms with Gasteiger partial charge in [0.15, 0.2) is 0 Å². The Labute approximate surface area is 68.1 Å². The molecule has 0 aromatic heterocycles. The minimum Gasteiger partial charge on any atom is -0.376 e. The molecule has 1 fully saturated rings. The molecular weight excluding hydrogens is 142 g/mol. The van der Waals surface area contributed by atoms with Gasteiger partial charge in [-0.3, -0.25) is 0 Å². The maximum atomic E-state index is 5.55. The van der Waals surface area contributed by atoms with E-state index >= 15 is 0 Å². The van der Waals surface area contributed by atoms with E-state index in [4.69, 9.17) is 9.47 Å². The van der Waals surface area contributed by atoms with Crippen LogP contribution in [0.1, 0.15) is 13.8 Å². The normalized spacial score (nSPS) is 27.0. The first-order valence-electron chi connectivity index (χ1n) is 4.04. The quantitative estimate of drug-likeness (QED) is 0.632. The van der Waals surface area contributed by atoms with Gasteiger partial charge in [0.2, 0.25) is 0 Å². The summed E-state index contributed by atoms with van der Waals surface area (Å²) in [6, 6.07) is 0. The topological polar surface area (TPSA) is 30.5 Å². The average molecular weight is 159 g/mol. The van der Waals surface area contributed by atoms with Gasteiger partial charge in [0, 0.05) is 20.2 Å². The molecule has 0 aromatic rings. The molecule has 1 aliphatic heterocycles. The van der Waals surface area contributed by atoms with E-state index in [2.05, 4.69) is 5.32 Å². The molecule has 0 radical (unpaired) electrons. The van der Waals surface area contributed by atoms with Gasteiger partial charge in [-0.05, 0) is 13.8 Å². The lowest BCUT2D eigenvalue weighted by Gasteiger charge is -2.35. The minimum absolute atomic E-state index is 0.173. The Hall–Kier alpha value is -0.120. The van der Waals surface area contributed by atoms with Crippen LogP contribution in [0.25, 0.3) is 0 Å². The number of methoxy groups -OCH3 is 1. The van der Waals surface area contributed by atoms with Crippen molar-refractivity contribution >= 4 is 0 Å². The van der Waals surface area contributed by atoms with Crippen molar-refractivity contribution in [3.05, 3.63) is 0 Å². The molecule has 1 saturated heterocycles. The first-order chi connectivity index (χ1) is 5.17. The number of hydrogen-bond acceptors (Lipinski definition) is 3. The Morgan fingerprint density at radius 2 is 2.27 bits per heavy atom. The number of morpholine rings is 1. The van der Waals surface area contributed by atoms with Crippen molar-refractivity contribution in [2.24, 2.45) is 0 Å². The van der Waals surface area contributed by atoms with Crippen molar-refractivity contribution in [2.45, 2.75) is 25.6 Å². The van der Waals surface area contributed by atoms with Crippen molar-refractivity contribution in [1.29, 1.82) is 0 Å². The summed E-state index contributed by atoms with van der Waals surface area (Å²) in [5.41, 5.74) is -0.173. The smallest absolute Gasteiger partial charge is 0.0983 e. The largest absolute Gasteiger partial charge is 0.376 e. The molecule has 0 bridgehead atoms. The van der Waals surface area contributed by atoms with Crippen molar-refractivity contribution in [1.82, 2.24) is 5.32 Å². The third kappa shape index (κ3) is 2.15. The highest BCUT2D eigenvalue weighted by Crippen LogP contribution is 2.17. The summed E-state index contributed by atoms with van der Waals surface area (Å²) in [7, 11) is 1.72. The molecular formula is C8H17NO2. The lowest BCUT2D eigenvalue weighted by atomic mass is 10.0. The molecule has 0 aliphatic carbocycles. The van der Waals surface area contributed by atoms with Crippen LogP contribution in [0.5, 0.6) is 0 Å². The van der Waals surface area contributed by atoms with Crippen LogP contribution in [0, 0.1) is 0 Å². The van der Waals surface area contributed by atoms with Gasteiger partial charge in [0.25, 0.3) is 0 Å². The molecule has 1 unspecified atom stereocenters. The molecule has 1 atom stereocenters. The Balaban J connectivity index is 2.43. The zero-order valence-corrected chi connectivity index (χ0v) is 7.52. The Morgan fingerprint density at radius 3 is 2.73 bits per heavy atom. The van der Waals surface area contributed by atoms with Crippen LogP contribution in [0.2, 0.25) is 0 Å². The maximum absolute atomic E-state index is 5.55. The first kappa shape index (κ1) is 8.97. The van der Waals surface area contributed by atoms with Gasteiger partial charge in [-0.1, -0.05) is 0 Å². The highest BCUT2D eigenvalue weighted by molar-refractivity contribution is 4.83. The summed E-state index contributed by atoms with van der Waals surface area (Å²) in [6.07, 6.45) is 0.182. The van der Waals surface area contributed by atoms with Crippen molar-refractivity contribution in [3.8, 4) is 0 Å². The molecule has 1 heterocycles. The van der Waals surface area contributed by atoms with Gasteiger partial charge >= 0.3 is 0 Å². The van der Waals surface area contributed by atoms with Crippen LogP contribution in [-0.4, -0.2) is 38.5 Å². The number of hydrogen-bond donors (Lipinski definition) is 1. The fourth-order valence-corrected chi connectivity index (χ4v) is 1.14. The molecule has 1 N–H and O–H groups in total. The lowest BCUT2D eigenvalue weighted by Crippen LogP contribution is -2.51. The van der Waals surface area contributed by atoms with E-state index in [0.717, 1.165) is 19.7 Å². The fraction of sp³-hybridized carbons (Fsp3) is 1.00. The van der Waals surface area contributed by atoms with E-state index in [1.807, 2.05) is 13.8 Å². The summed E-state index contributed by atoms with van der Waals surface area (Å²) in [5, 5.41) is 3.27. The second-order valence-corrected chi connectivity index (χ2v) is 3.37. The van der Waals surface area contributed by atoms with E-state index < -0.39 is 0 Å². The summed E-state index contributed by atoms with van der Waals surface area (Å²) in [4.78, 5) is 0. The van der Waals surface area contributed by atoms with Crippen LogP contribution < -0.4 is 5.32 Å². The Morgan fingerprint density at radius 1 is 1.55 bits per heavy atom. The molecule has 3 nitrogen and oxygen atoms in total. The maximum Gasteiger partial charge on any atom is 0.0983 e. The lowest BCUT2D eigenvalue weighted by molar-refractivity contribution is -0.118. The summed E-state index contributed by atoms with van der Waals surface area (Å²) in [6.45, 7) is 6.73. The highest BCUT2D eigenvalue weighted by atomic mass is 16.5. The van der Waals surface area contributed by atoms with Gasteiger partial charge in [-0.15, -0.1) is 0 Å². The fourth-order valence-electron chi connectivity index (χ4n) is 1.14. The summed E-state index contributed by atoms with van der Waals surface area (Å²) < 4.78 is 10.9. The van der Waals surface area contributed by atoms with Gasteiger partial charge in [0.1, 0.15) is 0 Å². The molecule has 0 saturated carbocycles. The van der Waals surface area contributed by atoms with Crippen molar-refractivity contribution < 1.29 is 9.47 Å². The van der Waals surface area contributed by atoms with E-state index in [0.29, 0.717) is 0 Å². The van der Waals surface area contributed by atoms with Crippen LogP contribution in [0.3, 0.4) is 0 Å². The van der Waals surface area contributed by atoms with Crippen molar-refractivity contribution in [3.63, 3.8) is 0 Å². The Kier molecular flexibility index (Phi) is 2.87. The third-order valence-electron chi connectivity index (χ3n) is 2.23. The van der Waals surface area contributed by atoms with Crippen LogP contribution >= 0.6 is 0 Å². The van der Waals surface area contributed by atoms with Gasteiger partial charge in [0.05, 0.1) is 18.3 Å². The zero-order chi connectivity index (χ0) is 8.32. The Bertz CT molecular complexity index is 119. The standard InChI is InChI=1S/C8H17NO2/c1-8(2,10-3)7-6-9-4-5-11-7/h7,9H,4-6H2,1-3H3. The predicted octanol–water partition coefficient (Wildman–Crippen LogP) is 0.400. The number of nitrogens with one attached hydrogen (secondary N) is 1. The van der Waals surface area contributed by atoms with Crippen LogP contribution in [0.15, 0.2) is 0 Å². The molecule has 11 heavy (non-hydrogen) atoms. The number of rotatable bonds is 2. The van der Waals surface area contributed by atoms with E-state index in [1.54, 1.807) is 7.11 Å². The van der Waals surface area contributed by atoms with Gasteiger partial charge in [-0.2, -0.15) is 0 Å². The summed E-state index contributed by atoms with van der Waals surface area (Å²) >= 11 is 0. The van der Waals surface area contributed by atoms with E-state index in [9.17, 15) is 0 Å². The predicted molar refractivity (Wildman–Crippen MR) is 43.7 cm³/mol. The van der Waals surface area contributed by atoms with Gasteiger partial charge < -0.3 is 14.8 Å². The molecule has 0 spiro atoms. The second kappa shape index (κ2) is 3.52. The van der Waals surface area contributed by atoms with E-state index in [1.165, 1.54) is 0 Å².